The molecule has 150 valence electrons. The van der Waals surface area contributed by atoms with Gasteiger partial charge in [-0.25, -0.2) is 0 Å². The average Bonchev–Trinajstić information content (AvgIpc) is 2.40. The van der Waals surface area contributed by atoms with Gasteiger partial charge in [0, 0.05) is 16.5 Å². The summed E-state index contributed by atoms with van der Waals surface area (Å²) >= 11 is 0. The molecule has 0 unspecified atom stereocenters. The summed E-state index contributed by atoms with van der Waals surface area (Å²) in [5, 5.41) is -2.00. The SMILES string of the molecule is Nc1cccc2c(S(=O)(=O)O)c(S(=O)(=O)O)c(S(=O)(=O)O)c(S(=O)(=O)O)c12. The Hall–Kier alpha value is -1.86. The van der Waals surface area contributed by atoms with Gasteiger partial charge >= 0.3 is 0 Å². The van der Waals surface area contributed by atoms with E-state index in [1.54, 1.807) is 0 Å². The molecule has 0 saturated heterocycles. The van der Waals surface area contributed by atoms with Crippen LogP contribution >= 0.6 is 0 Å². The average molecular weight is 463 g/mol. The van der Waals surface area contributed by atoms with Crippen LogP contribution in [0.3, 0.4) is 0 Å². The molecule has 17 heteroatoms. The predicted octanol–water partition coefficient (Wildman–Crippen LogP) is -0.591. The van der Waals surface area contributed by atoms with Gasteiger partial charge < -0.3 is 5.73 Å². The van der Waals surface area contributed by atoms with Gasteiger partial charge in [0.05, 0.1) is 0 Å². The third kappa shape index (κ3) is 3.75. The Bertz CT molecular complexity index is 1400. The molecule has 0 aliphatic heterocycles. The van der Waals surface area contributed by atoms with E-state index in [2.05, 4.69) is 0 Å². The number of hydrogen-bond donors (Lipinski definition) is 5. The lowest BCUT2D eigenvalue weighted by atomic mass is 10.1. The molecule has 6 N–H and O–H groups in total. The van der Waals surface area contributed by atoms with Crippen molar-refractivity contribution >= 4 is 56.9 Å². The molecule has 0 saturated carbocycles. The molecule has 0 aromatic heterocycles. The second-order valence-corrected chi connectivity index (χ2v) is 10.4. The molecule has 0 atom stereocenters. The van der Waals surface area contributed by atoms with Crippen LogP contribution in [-0.2, 0) is 40.5 Å². The van der Waals surface area contributed by atoms with Gasteiger partial charge in [-0.15, -0.1) is 0 Å². The smallest absolute Gasteiger partial charge is 0.297 e. The van der Waals surface area contributed by atoms with Gasteiger partial charge in [0.2, 0.25) is 0 Å². The summed E-state index contributed by atoms with van der Waals surface area (Å²) in [4.78, 5) is -7.96. The lowest BCUT2D eigenvalue weighted by Crippen LogP contribution is -2.19. The summed E-state index contributed by atoms with van der Waals surface area (Å²) in [5.41, 5.74) is 4.83. The van der Waals surface area contributed by atoms with Crippen LogP contribution in [0, 0.1) is 0 Å². The minimum Gasteiger partial charge on any atom is -0.398 e. The molecule has 13 nitrogen and oxygen atoms in total. The number of nitrogen functional groups attached to an aromatic ring is 1. The third-order valence-electron chi connectivity index (χ3n) is 3.22. The minimum absolute atomic E-state index is 0.670. The monoisotopic (exact) mass is 463 g/mol. The minimum atomic E-state index is -5.93. The molecule has 2 aromatic carbocycles. The molecule has 2 rings (SSSR count). The Kier molecular flexibility index (Phi) is 4.82. The first kappa shape index (κ1) is 21.4. The van der Waals surface area contributed by atoms with Gasteiger partial charge in [-0.1, -0.05) is 12.1 Å². The molecule has 0 spiro atoms. The van der Waals surface area contributed by atoms with E-state index in [1.165, 1.54) is 0 Å². The first-order valence-corrected chi connectivity index (χ1v) is 11.9. The first-order chi connectivity index (χ1) is 11.9. The lowest BCUT2D eigenvalue weighted by Gasteiger charge is -2.17. The maximum absolute atomic E-state index is 11.7. The fraction of sp³-hybridized carbons (Fsp3) is 0. The Balaban J connectivity index is 3.67. The summed E-state index contributed by atoms with van der Waals surface area (Å²) in [6.07, 6.45) is 0. The van der Waals surface area contributed by atoms with Gasteiger partial charge in [-0.05, 0) is 6.07 Å². The second kappa shape index (κ2) is 6.07. The van der Waals surface area contributed by atoms with E-state index in [1.807, 2.05) is 0 Å². The summed E-state index contributed by atoms with van der Waals surface area (Å²) in [7, 11) is -23.2. The van der Waals surface area contributed by atoms with Crippen LogP contribution in [0.15, 0.2) is 37.8 Å². The molecule has 27 heavy (non-hydrogen) atoms. The van der Waals surface area contributed by atoms with Crippen LogP contribution in [0.2, 0.25) is 0 Å². The van der Waals surface area contributed by atoms with Gasteiger partial charge in [-0.2, -0.15) is 33.7 Å². The van der Waals surface area contributed by atoms with Crippen molar-refractivity contribution < 1.29 is 51.9 Å². The van der Waals surface area contributed by atoms with Crippen molar-refractivity contribution in [2.45, 2.75) is 19.6 Å². The first-order valence-electron chi connectivity index (χ1n) is 6.16. The quantitative estimate of drug-likeness (QED) is 0.281. The van der Waals surface area contributed by atoms with Gasteiger partial charge in [-0.3, -0.25) is 18.2 Å². The highest BCUT2D eigenvalue weighted by atomic mass is 32.2. The number of nitrogens with two attached hydrogens (primary N) is 1. The lowest BCUT2D eigenvalue weighted by molar-refractivity contribution is 0.449. The zero-order chi connectivity index (χ0) is 21.2. The highest BCUT2D eigenvalue weighted by Crippen LogP contribution is 2.42. The van der Waals surface area contributed by atoms with Crippen LogP contribution in [0.1, 0.15) is 0 Å². The number of benzene rings is 2. The van der Waals surface area contributed by atoms with Crippen molar-refractivity contribution in [1.82, 2.24) is 0 Å². The third-order valence-corrected chi connectivity index (χ3v) is 7.32. The number of rotatable bonds is 4. The molecule has 0 amide bonds. The molecule has 0 aliphatic rings. The van der Waals surface area contributed by atoms with Crippen molar-refractivity contribution in [2.75, 3.05) is 5.73 Å². The van der Waals surface area contributed by atoms with Crippen LogP contribution in [0.5, 0.6) is 0 Å². The zero-order valence-electron chi connectivity index (χ0n) is 12.5. The molecule has 0 heterocycles. The Labute approximate surface area is 152 Å². The van der Waals surface area contributed by atoms with Crippen LogP contribution in [0.25, 0.3) is 10.8 Å². The maximum Gasteiger partial charge on any atom is 0.297 e. The molecule has 0 bridgehead atoms. The van der Waals surface area contributed by atoms with Crippen molar-refractivity contribution in [3.63, 3.8) is 0 Å². The topological polar surface area (TPSA) is 243 Å². The number of anilines is 1. The van der Waals surface area contributed by atoms with Gasteiger partial charge in [0.15, 0.2) is 0 Å². The van der Waals surface area contributed by atoms with E-state index in [4.69, 9.17) is 5.73 Å². The fourth-order valence-corrected chi connectivity index (χ4v) is 7.41. The normalized spacial score (nSPS) is 13.8. The van der Waals surface area contributed by atoms with Crippen molar-refractivity contribution in [2.24, 2.45) is 0 Å². The predicted molar refractivity (Wildman–Crippen MR) is 87.6 cm³/mol. The van der Waals surface area contributed by atoms with E-state index < -0.39 is 76.5 Å². The van der Waals surface area contributed by atoms with Gasteiger partial charge in [0.25, 0.3) is 40.5 Å². The van der Waals surface area contributed by atoms with Crippen LogP contribution in [-0.4, -0.2) is 51.9 Å². The maximum atomic E-state index is 11.7. The van der Waals surface area contributed by atoms with Crippen molar-refractivity contribution in [3.8, 4) is 0 Å². The molecule has 0 fully saturated rings. The number of hydrogen-bond acceptors (Lipinski definition) is 9. The van der Waals surface area contributed by atoms with Crippen molar-refractivity contribution in [3.05, 3.63) is 18.2 Å². The van der Waals surface area contributed by atoms with Crippen LogP contribution < -0.4 is 5.73 Å². The number of fused-ring (bicyclic) bond motifs is 1. The van der Waals surface area contributed by atoms with Crippen molar-refractivity contribution in [1.29, 1.82) is 0 Å². The molecular formula is C10H9NO12S4. The Morgan fingerprint density at radius 2 is 0.963 bits per heavy atom. The largest absolute Gasteiger partial charge is 0.398 e. The van der Waals surface area contributed by atoms with E-state index >= 15 is 0 Å². The standard InChI is InChI=1S/C10H9NO12S4/c11-5-3-1-2-4-6(5)8(25(15,16)17)10(27(21,22)23)9(26(18,19)20)7(4)24(12,13)14/h1-3H,11H2,(H,12,13,14)(H,15,16,17)(H,18,19,20)(H,21,22,23). The van der Waals surface area contributed by atoms with E-state index in [-0.39, 0.29) is 0 Å². The zero-order valence-corrected chi connectivity index (χ0v) is 15.8. The Morgan fingerprint density at radius 3 is 1.33 bits per heavy atom. The van der Waals surface area contributed by atoms with Gasteiger partial charge in [0.1, 0.15) is 19.6 Å². The highest BCUT2D eigenvalue weighted by molar-refractivity contribution is 7.91. The summed E-state index contributed by atoms with van der Waals surface area (Å²) < 4.78 is 131. The fourth-order valence-electron chi connectivity index (χ4n) is 2.43. The summed E-state index contributed by atoms with van der Waals surface area (Å²) in [6, 6.07) is 2.61. The second-order valence-electron chi connectivity index (χ2n) is 4.99. The summed E-state index contributed by atoms with van der Waals surface area (Å²) in [5.74, 6) is 0. The van der Waals surface area contributed by atoms with E-state index in [0.29, 0.717) is 6.07 Å². The molecule has 0 aliphatic carbocycles. The van der Waals surface area contributed by atoms with E-state index in [0.717, 1.165) is 12.1 Å². The van der Waals surface area contributed by atoms with E-state index in [9.17, 15) is 51.9 Å². The molecular weight excluding hydrogens is 454 g/mol. The molecule has 2 aromatic rings. The van der Waals surface area contributed by atoms with Crippen LogP contribution in [0.4, 0.5) is 5.69 Å². The molecule has 0 radical (unpaired) electrons. The summed E-state index contributed by atoms with van der Waals surface area (Å²) in [6.45, 7) is 0. The highest BCUT2D eigenvalue weighted by Gasteiger charge is 2.41. The Morgan fingerprint density at radius 1 is 0.593 bits per heavy atom.